The summed E-state index contributed by atoms with van der Waals surface area (Å²) in [6.07, 6.45) is 5.61. The Bertz CT molecular complexity index is 1390. The van der Waals surface area contributed by atoms with Crippen molar-refractivity contribution in [3.05, 3.63) is 59.3 Å². The lowest BCUT2D eigenvalue weighted by atomic mass is 10.2. The molecule has 1 unspecified atom stereocenters. The molecule has 0 amide bonds. The number of aromatic nitrogens is 4. The van der Waals surface area contributed by atoms with E-state index < -0.39 is 20.6 Å². The molecule has 11 heteroatoms. The minimum absolute atomic E-state index is 0.121. The molecule has 9 nitrogen and oxygen atoms in total. The van der Waals surface area contributed by atoms with Crippen LogP contribution in [0.4, 0.5) is 5.82 Å². The molecular formula is C24H28ClN7O2S. The number of benzene rings is 1. The van der Waals surface area contributed by atoms with E-state index in [1.165, 1.54) is 0 Å². The van der Waals surface area contributed by atoms with Crippen molar-refractivity contribution < 1.29 is 8.42 Å². The number of rotatable bonds is 8. The van der Waals surface area contributed by atoms with E-state index in [0.29, 0.717) is 26.1 Å². The predicted octanol–water partition coefficient (Wildman–Crippen LogP) is 2.69. The van der Waals surface area contributed by atoms with Gasteiger partial charge in [0.05, 0.1) is 51.7 Å². The van der Waals surface area contributed by atoms with E-state index in [1.807, 2.05) is 29.3 Å². The highest BCUT2D eigenvalue weighted by Gasteiger charge is 2.46. The van der Waals surface area contributed by atoms with Gasteiger partial charge < -0.3 is 9.47 Å². The molecule has 2 aliphatic rings. The SMILES string of the molecule is Cc1cc(N2C[C@H](S(=O)(=O)c3ccccc3Cl)CC2CNC2(C#N)CC2)n(Cc2cncn2C)n1. The Balaban J connectivity index is 1.48. The molecule has 2 atom stereocenters. The van der Waals surface area contributed by atoms with Gasteiger partial charge in [0.2, 0.25) is 0 Å². The third-order valence-corrected chi connectivity index (χ3v) is 9.63. The Labute approximate surface area is 210 Å². The average molecular weight is 514 g/mol. The molecule has 184 valence electrons. The normalized spacial score (nSPS) is 21.3. The van der Waals surface area contributed by atoms with E-state index in [0.717, 1.165) is 30.0 Å². The maximum absolute atomic E-state index is 13.6. The third-order valence-electron chi connectivity index (χ3n) is 7.00. The molecule has 1 N–H and O–H groups in total. The topological polar surface area (TPSA) is 109 Å². The highest BCUT2D eigenvalue weighted by atomic mass is 35.5. The summed E-state index contributed by atoms with van der Waals surface area (Å²) in [5, 5.41) is 17.2. The Morgan fingerprint density at radius 2 is 2.09 bits per heavy atom. The van der Waals surface area contributed by atoms with Crippen molar-refractivity contribution in [2.75, 3.05) is 18.0 Å². The summed E-state index contributed by atoms with van der Waals surface area (Å²) in [7, 11) is -1.73. The standard InChI is InChI=1S/C24H28ClN7O2S/c1-17-9-23(32(29-17)13-19-11-27-16-30(19)2)31-14-20(10-18(31)12-28-24(15-26)7-8-24)35(33,34)22-6-4-3-5-21(22)25/h3-6,9,11,16,18,20,28H,7-8,10,12-14H2,1-2H3/t18?,20-/m1/s1. The summed E-state index contributed by atoms with van der Waals surface area (Å²) in [5.41, 5.74) is 1.35. The van der Waals surface area contributed by atoms with Crippen molar-refractivity contribution in [1.82, 2.24) is 24.6 Å². The highest BCUT2D eigenvalue weighted by molar-refractivity contribution is 7.92. The molecular weight excluding hydrogens is 486 g/mol. The number of anilines is 1. The Hall–Kier alpha value is -2.87. The maximum Gasteiger partial charge on any atom is 0.184 e. The maximum atomic E-state index is 13.6. The molecule has 1 aliphatic carbocycles. The first-order chi connectivity index (χ1) is 16.7. The molecule has 1 aliphatic heterocycles. The van der Waals surface area contributed by atoms with Crippen LogP contribution in [0.2, 0.25) is 5.02 Å². The van der Waals surface area contributed by atoms with Gasteiger partial charge in [0, 0.05) is 32.2 Å². The summed E-state index contributed by atoms with van der Waals surface area (Å²) in [6.45, 7) is 3.27. The van der Waals surface area contributed by atoms with E-state index in [1.54, 1.807) is 36.8 Å². The lowest BCUT2D eigenvalue weighted by Crippen LogP contribution is -2.43. The average Bonchev–Trinajstić information content (AvgIpc) is 3.10. The van der Waals surface area contributed by atoms with Gasteiger partial charge in [0.15, 0.2) is 9.84 Å². The minimum atomic E-state index is -3.66. The van der Waals surface area contributed by atoms with Crippen molar-refractivity contribution in [3.8, 4) is 6.07 Å². The quantitative estimate of drug-likeness (QED) is 0.493. The van der Waals surface area contributed by atoms with Crippen LogP contribution in [-0.2, 0) is 23.4 Å². The van der Waals surface area contributed by atoms with Gasteiger partial charge >= 0.3 is 0 Å². The number of nitrogens with zero attached hydrogens (tertiary/aromatic N) is 6. The van der Waals surface area contributed by atoms with Crippen LogP contribution in [0.5, 0.6) is 0 Å². The van der Waals surface area contributed by atoms with E-state index in [9.17, 15) is 13.7 Å². The van der Waals surface area contributed by atoms with Crippen LogP contribution in [0.1, 0.15) is 30.7 Å². The molecule has 1 saturated carbocycles. The van der Waals surface area contributed by atoms with Gasteiger partial charge in [-0.15, -0.1) is 0 Å². The summed E-state index contributed by atoms with van der Waals surface area (Å²) in [5.74, 6) is 0.856. The van der Waals surface area contributed by atoms with Crippen LogP contribution in [0.15, 0.2) is 47.8 Å². The van der Waals surface area contributed by atoms with Crippen LogP contribution < -0.4 is 10.2 Å². The lowest BCUT2D eigenvalue weighted by molar-refractivity contribution is 0.516. The molecule has 2 aromatic heterocycles. The highest BCUT2D eigenvalue weighted by Crippen LogP contribution is 2.37. The molecule has 0 spiro atoms. The van der Waals surface area contributed by atoms with Gasteiger partial charge in [-0.25, -0.2) is 18.1 Å². The van der Waals surface area contributed by atoms with Crippen molar-refractivity contribution >= 4 is 27.3 Å². The first kappa shape index (κ1) is 23.9. The number of aryl methyl sites for hydroxylation is 2. The number of nitriles is 1. The molecule has 1 saturated heterocycles. The van der Waals surface area contributed by atoms with E-state index in [4.69, 9.17) is 16.7 Å². The second-order valence-electron chi connectivity index (χ2n) is 9.51. The largest absolute Gasteiger partial charge is 0.351 e. The number of imidazole rings is 1. The summed E-state index contributed by atoms with van der Waals surface area (Å²) in [6, 6.07) is 10.8. The van der Waals surface area contributed by atoms with Gasteiger partial charge in [-0.2, -0.15) is 10.4 Å². The fourth-order valence-corrected chi connectivity index (χ4v) is 7.02. The van der Waals surface area contributed by atoms with Gasteiger partial charge in [-0.1, -0.05) is 23.7 Å². The molecule has 3 aromatic rings. The second-order valence-corrected chi connectivity index (χ2v) is 12.1. The second kappa shape index (κ2) is 8.97. The van der Waals surface area contributed by atoms with Crippen molar-refractivity contribution in [3.63, 3.8) is 0 Å². The molecule has 0 radical (unpaired) electrons. The number of sulfone groups is 1. The van der Waals surface area contributed by atoms with Crippen molar-refractivity contribution in [1.29, 1.82) is 5.26 Å². The Morgan fingerprint density at radius 1 is 1.31 bits per heavy atom. The van der Waals surface area contributed by atoms with Crippen LogP contribution in [0.25, 0.3) is 0 Å². The van der Waals surface area contributed by atoms with Gasteiger partial charge in [0.25, 0.3) is 0 Å². The molecule has 0 bridgehead atoms. The Morgan fingerprint density at radius 3 is 2.74 bits per heavy atom. The summed E-state index contributed by atoms with van der Waals surface area (Å²) >= 11 is 6.28. The monoisotopic (exact) mass is 513 g/mol. The van der Waals surface area contributed by atoms with Crippen LogP contribution in [0, 0.1) is 18.3 Å². The van der Waals surface area contributed by atoms with Crippen LogP contribution >= 0.6 is 11.6 Å². The molecule has 1 aromatic carbocycles. The van der Waals surface area contributed by atoms with Crippen molar-refractivity contribution in [2.24, 2.45) is 7.05 Å². The van der Waals surface area contributed by atoms with Crippen molar-refractivity contribution in [2.45, 2.75) is 54.5 Å². The number of nitrogens with one attached hydrogen (secondary N) is 1. The number of hydrogen-bond donors (Lipinski definition) is 1. The van der Waals surface area contributed by atoms with Crippen LogP contribution in [0.3, 0.4) is 0 Å². The zero-order chi connectivity index (χ0) is 24.8. The lowest BCUT2D eigenvalue weighted by Gasteiger charge is -2.28. The fourth-order valence-electron chi connectivity index (χ4n) is 4.76. The summed E-state index contributed by atoms with van der Waals surface area (Å²) in [4.78, 5) is 6.49. The van der Waals surface area contributed by atoms with Gasteiger partial charge in [-0.05, 0) is 38.3 Å². The first-order valence-corrected chi connectivity index (χ1v) is 13.6. The number of hydrogen-bond acceptors (Lipinski definition) is 7. The predicted molar refractivity (Wildman–Crippen MR) is 133 cm³/mol. The van der Waals surface area contributed by atoms with Crippen LogP contribution in [-0.4, -0.2) is 57.7 Å². The first-order valence-electron chi connectivity index (χ1n) is 11.6. The fraction of sp³-hybridized carbons (Fsp3) is 0.458. The Kier molecular flexibility index (Phi) is 6.11. The summed E-state index contributed by atoms with van der Waals surface area (Å²) < 4.78 is 31.1. The van der Waals surface area contributed by atoms with Gasteiger partial charge in [0.1, 0.15) is 11.4 Å². The third kappa shape index (κ3) is 4.56. The zero-order valence-corrected chi connectivity index (χ0v) is 21.3. The molecule has 5 rings (SSSR count). The smallest absolute Gasteiger partial charge is 0.184 e. The van der Waals surface area contributed by atoms with E-state index in [-0.39, 0.29) is 16.0 Å². The molecule has 3 heterocycles. The molecule has 35 heavy (non-hydrogen) atoms. The minimum Gasteiger partial charge on any atom is -0.351 e. The van der Waals surface area contributed by atoms with E-state index >= 15 is 0 Å². The molecule has 2 fully saturated rings. The van der Waals surface area contributed by atoms with E-state index in [2.05, 4.69) is 21.3 Å². The number of halogens is 1. The zero-order valence-electron chi connectivity index (χ0n) is 19.7. The van der Waals surface area contributed by atoms with Gasteiger partial charge in [-0.3, -0.25) is 5.32 Å².